The van der Waals surface area contributed by atoms with Crippen molar-refractivity contribution in [2.24, 2.45) is 5.73 Å². The number of rotatable bonds is 4. The van der Waals surface area contributed by atoms with Crippen molar-refractivity contribution in [3.63, 3.8) is 0 Å². The fraction of sp³-hybridized carbons (Fsp3) is 0.333. The standard InChI is InChI=1S/C12H16ClNO/c1-3-9-8-12(15-2)11(13)7-10(9)5-4-6-14/h4-5,7-8H,3,6,14H2,1-2H3/b5-4+. The summed E-state index contributed by atoms with van der Waals surface area (Å²) in [7, 11) is 1.62. The summed E-state index contributed by atoms with van der Waals surface area (Å²) in [6.07, 6.45) is 4.85. The van der Waals surface area contributed by atoms with E-state index in [1.807, 2.05) is 24.3 Å². The lowest BCUT2D eigenvalue weighted by atomic mass is 10.0. The lowest BCUT2D eigenvalue weighted by molar-refractivity contribution is 0.414. The van der Waals surface area contributed by atoms with Crippen LogP contribution in [-0.4, -0.2) is 13.7 Å². The SMILES string of the molecule is CCc1cc(OC)c(Cl)cc1/C=C/CN. The second-order valence-corrected chi connectivity index (χ2v) is 3.58. The lowest BCUT2D eigenvalue weighted by Crippen LogP contribution is -1.94. The summed E-state index contributed by atoms with van der Waals surface area (Å²) in [5.74, 6) is 0.721. The maximum atomic E-state index is 6.05. The van der Waals surface area contributed by atoms with Crippen LogP contribution in [0.15, 0.2) is 18.2 Å². The van der Waals surface area contributed by atoms with Crippen LogP contribution >= 0.6 is 11.6 Å². The van der Waals surface area contributed by atoms with Gasteiger partial charge in [0.2, 0.25) is 0 Å². The van der Waals surface area contributed by atoms with Crippen LogP contribution in [0.1, 0.15) is 18.1 Å². The zero-order valence-electron chi connectivity index (χ0n) is 9.09. The molecule has 1 aromatic carbocycles. The zero-order valence-corrected chi connectivity index (χ0v) is 9.84. The van der Waals surface area contributed by atoms with Gasteiger partial charge in [0.05, 0.1) is 12.1 Å². The number of benzene rings is 1. The van der Waals surface area contributed by atoms with Crippen LogP contribution in [0.2, 0.25) is 5.02 Å². The average molecular weight is 226 g/mol. The molecule has 82 valence electrons. The number of nitrogens with two attached hydrogens (primary N) is 1. The molecule has 0 amide bonds. The molecule has 0 atom stereocenters. The van der Waals surface area contributed by atoms with Gasteiger partial charge in [0, 0.05) is 6.54 Å². The van der Waals surface area contributed by atoms with E-state index in [9.17, 15) is 0 Å². The fourth-order valence-electron chi connectivity index (χ4n) is 1.42. The van der Waals surface area contributed by atoms with Gasteiger partial charge in [-0.3, -0.25) is 0 Å². The molecule has 0 saturated heterocycles. The van der Waals surface area contributed by atoms with Gasteiger partial charge in [0.1, 0.15) is 5.75 Å². The van der Waals surface area contributed by atoms with Crippen molar-refractivity contribution in [3.8, 4) is 5.75 Å². The molecule has 3 heteroatoms. The van der Waals surface area contributed by atoms with Gasteiger partial charge in [0.15, 0.2) is 0 Å². The van der Waals surface area contributed by atoms with Gasteiger partial charge in [-0.1, -0.05) is 30.7 Å². The Hall–Kier alpha value is -0.990. The van der Waals surface area contributed by atoms with Gasteiger partial charge >= 0.3 is 0 Å². The molecule has 1 aromatic rings. The molecule has 0 aliphatic heterocycles. The van der Waals surface area contributed by atoms with Gasteiger partial charge in [-0.2, -0.15) is 0 Å². The third-order valence-electron chi connectivity index (χ3n) is 2.23. The first-order valence-corrected chi connectivity index (χ1v) is 5.33. The quantitative estimate of drug-likeness (QED) is 0.855. The Bertz CT molecular complexity index is 361. The van der Waals surface area contributed by atoms with E-state index in [4.69, 9.17) is 22.1 Å². The molecule has 1 rings (SSSR count). The highest BCUT2D eigenvalue weighted by Crippen LogP contribution is 2.29. The first kappa shape index (κ1) is 12.1. The fourth-order valence-corrected chi connectivity index (χ4v) is 1.67. The molecule has 0 aromatic heterocycles. The van der Waals surface area contributed by atoms with Crippen molar-refractivity contribution < 1.29 is 4.74 Å². The monoisotopic (exact) mass is 225 g/mol. The zero-order chi connectivity index (χ0) is 11.3. The molecule has 0 spiro atoms. The second kappa shape index (κ2) is 5.79. The van der Waals surface area contributed by atoms with Gasteiger partial charge in [-0.05, 0) is 29.7 Å². The predicted molar refractivity (Wildman–Crippen MR) is 65.5 cm³/mol. The van der Waals surface area contributed by atoms with Crippen LogP contribution < -0.4 is 10.5 Å². The summed E-state index contributed by atoms with van der Waals surface area (Å²) < 4.78 is 5.17. The Morgan fingerprint density at radius 3 is 2.73 bits per heavy atom. The molecule has 0 aliphatic carbocycles. The van der Waals surface area contributed by atoms with Crippen LogP contribution in [-0.2, 0) is 6.42 Å². The molecule has 0 bridgehead atoms. The van der Waals surface area contributed by atoms with Crippen molar-refractivity contribution in [1.82, 2.24) is 0 Å². The van der Waals surface area contributed by atoms with Gasteiger partial charge in [-0.15, -0.1) is 0 Å². The summed E-state index contributed by atoms with van der Waals surface area (Å²) in [6, 6.07) is 3.88. The molecular formula is C12H16ClNO. The topological polar surface area (TPSA) is 35.2 Å². The molecule has 2 N–H and O–H groups in total. The third kappa shape index (κ3) is 2.98. The molecule has 0 radical (unpaired) electrons. The normalized spacial score (nSPS) is 10.9. The van der Waals surface area contributed by atoms with E-state index in [2.05, 4.69) is 6.92 Å². The molecular weight excluding hydrogens is 210 g/mol. The molecule has 0 fully saturated rings. The Labute approximate surface area is 95.7 Å². The number of hydrogen-bond donors (Lipinski definition) is 1. The molecule has 0 unspecified atom stereocenters. The molecule has 2 nitrogen and oxygen atoms in total. The predicted octanol–water partition coefficient (Wildman–Crippen LogP) is 2.88. The summed E-state index contributed by atoms with van der Waals surface area (Å²) in [4.78, 5) is 0. The maximum absolute atomic E-state index is 6.05. The Morgan fingerprint density at radius 1 is 1.47 bits per heavy atom. The Morgan fingerprint density at radius 2 is 2.20 bits per heavy atom. The van der Waals surface area contributed by atoms with Gasteiger partial charge in [-0.25, -0.2) is 0 Å². The first-order chi connectivity index (χ1) is 7.22. The van der Waals surface area contributed by atoms with Crippen LogP contribution in [0.4, 0.5) is 0 Å². The van der Waals surface area contributed by atoms with Gasteiger partial charge < -0.3 is 10.5 Å². The van der Waals surface area contributed by atoms with E-state index in [1.54, 1.807) is 7.11 Å². The van der Waals surface area contributed by atoms with Crippen LogP contribution in [0.25, 0.3) is 6.08 Å². The molecule has 0 aliphatic rings. The van der Waals surface area contributed by atoms with E-state index in [0.29, 0.717) is 11.6 Å². The average Bonchev–Trinajstić information content (AvgIpc) is 2.26. The van der Waals surface area contributed by atoms with Crippen molar-refractivity contribution in [2.45, 2.75) is 13.3 Å². The van der Waals surface area contributed by atoms with Gasteiger partial charge in [0.25, 0.3) is 0 Å². The first-order valence-electron chi connectivity index (χ1n) is 4.96. The third-order valence-corrected chi connectivity index (χ3v) is 2.52. The summed E-state index contributed by atoms with van der Waals surface area (Å²) >= 11 is 6.05. The lowest BCUT2D eigenvalue weighted by Gasteiger charge is -2.09. The van der Waals surface area contributed by atoms with E-state index >= 15 is 0 Å². The van der Waals surface area contributed by atoms with Crippen LogP contribution in [0.5, 0.6) is 5.75 Å². The minimum Gasteiger partial charge on any atom is -0.495 e. The van der Waals surface area contributed by atoms with Crippen molar-refractivity contribution in [1.29, 1.82) is 0 Å². The minimum atomic E-state index is 0.535. The van der Waals surface area contributed by atoms with Crippen LogP contribution in [0, 0.1) is 0 Å². The Kier molecular flexibility index (Phi) is 4.66. The number of methoxy groups -OCH3 is 1. The molecule has 0 heterocycles. The summed E-state index contributed by atoms with van der Waals surface area (Å²) in [5.41, 5.74) is 7.73. The van der Waals surface area contributed by atoms with E-state index < -0.39 is 0 Å². The smallest absolute Gasteiger partial charge is 0.137 e. The van der Waals surface area contributed by atoms with E-state index in [-0.39, 0.29) is 0 Å². The number of hydrogen-bond acceptors (Lipinski definition) is 2. The van der Waals surface area contributed by atoms with E-state index in [0.717, 1.165) is 17.7 Å². The number of ether oxygens (including phenoxy) is 1. The highest BCUT2D eigenvalue weighted by molar-refractivity contribution is 6.32. The van der Waals surface area contributed by atoms with Crippen molar-refractivity contribution in [2.75, 3.05) is 13.7 Å². The maximum Gasteiger partial charge on any atom is 0.137 e. The number of halogens is 1. The number of aryl methyl sites for hydroxylation is 1. The highest BCUT2D eigenvalue weighted by atomic mass is 35.5. The van der Waals surface area contributed by atoms with Crippen LogP contribution in [0.3, 0.4) is 0 Å². The largest absolute Gasteiger partial charge is 0.495 e. The highest BCUT2D eigenvalue weighted by Gasteiger charge is 2.05. The molecule has 15 heavy (non-hydrogen) atoms. The summed E-state index contributed by atoms with van der Waals surface area (Å²) in [6.45, 7) is 2.63. The summed E-state index contributed by atoms with van der Waals surface area (Å²) in [5, 5.41) is 0.631. The van der Waals surface area contributed by atoms with Crippen molar-refractivity contribution in [3.05, 3.63) is 34.4 Å². The molecule has 0 saturated carbocycles. The second-order valence-electron chi connectivity index (χ2n) is 3.18. The Balaban J connectivity index is 3.15. The van der Waals surface area contributed by atoms with E-state index in [1.165, 1.54) is 5.56 Å². The minimum absolute atomic E-state index is 0.535. The van der Waals surface area contributed by atoms with Crippen molar-refractivity contribution >= 4 is 17.7 Å².